The fourth-order valence-corrected chi connectivity index (χ4v) is 5.98. The van der Waals surface area contributed by atoms with Crippen molar-refractivity contribution in [2.24, 2.45) is 0 Å². The predicted molar refractivity (Wildman–Crippen MR) is 137 cm³/mol. The lowest BCUT2D eigenvalue weighted by molar-refractivity contribution is -0.129. The van der Waals surface area contributed by atoms with Gasteiger partial charge >= 0.3 is 0 Å². The first kappa shape index (κ1) is 21.7. The number of fused-ring (bicyclic) bond motifs is 4. The number of halogens is 1. The molecule has 0 bridgehead atoms. The molecule has 3 atom stereocenters. The lowest BCUT2D eigenvalue weighted by Crippen LogP contribution is -2.44. The Morgan fingerprint density at radius 3 is 2.53 bits per heavy atom. The maximum Gasteiger partial charge on any atom is 0.252 e. The molecule has 1 N–H and O–H groups in total. The highest BCUT2D eigenvalue weighted by Crippen LogP contribution is 2.45. The van der Waals surface area contributed by atoms with E-state index in [0.717, 1.165) is 27.7 Å². The highest BCUT2D eigenvalue weighted by atomic mass is 79.9. The van der Waals surface area contributed by atoms with Gasteiger partial charge in [-0.1, -0.05) is 61.0 Å². The number of hydrogen-bond acceptors (Lipinski definition) is 2. The summed E-state index contributed by atoms with van der Waals surface area (Å²) in [6.07, 6.45) is 1.54. The summed E-state index contributed by atoms with van der Waals surface area (Å²) in [7, 11) is 0. The summed E-state index contributed by atoms with van der Waals surface area (Å²) in [4.78, 5) is 21.3. The smallest absolute Gasteiger partial charge is 0.252 e. The molecule has 0 aliphatic carbocycles. The van der Waals surface area contributed by atoms with Gasteiger partial charge in [-0.3, -0.25) is 9.69 Å². The fourth-order valence-electron chi connectivity index (χ4n) is 5.11. The first-order valence-electron chi connectivity index (χ1n) is 11.4. The van der Waals surface area contributed by atoms with Gasteiger partial charge in [0.1, 0.15) is 6.04 Å². The van der Waals surface area contributed by atoms with Crippen LogP contribution in [0.1, 0.15) is 68.5 Å². The van der Waals surface area contributed by atoms with E-state index in [1.165, 1.54) is 16.5 Å². The summed E-state index contributed by atoms with van der Waals surface area (Å²) in [5.74, 6) is 0.600. The molecule has 3 aromatic rings. The molecule has 1 amide bonds. The third-order valence-corrected chi connectivity index (χ3v) is 7.99. The minimum atomic E-state index is -0.267. The molecular formula is C26H28BrN3OS. The zero-order valence-corrected chi connectivity index (χ0v) is 21.3. The summed E-state index contributed by atoms with van der Waals surface area (Å²) in [5.41, 5.74) is 5.94. The fraction of sp³-hybridized carbons (Fsp3) is 0.385. The summed E-state index contributed by atoms with van der Waals surface area (Å²) in [6.45, 7) is 8.60. The van der Waals surface area contributed by atoms with Gasteiger partial charge in [0.15, 0.2) is 5.11 Å². The molecule has 1 aromatic heterocycles. The number of nitrogens with one attached hydrogen (secondary N) is 1. The van der Waals surface area contributed by atoms with Crippen LogP contribution in [-0.4, -0.2) is 37.9 Å². The van der Waals surface area contributed by atoms with Gasteiger partial charge in [0.2, 0.25) is 0 Å². The van der Waals surface area contributed by atoms with E-state index in [0.29, 0.717) is 17.5 Å². The Kier molecular flexibility index (Phi) is 5.41. The molecule has 1 fully saturated rings. The average molecular weight is 511 g/mol. The van der Waals surface area contributed by atoms with Crippen LogP contribution in [0, 0.1) is 0 Å². The van der Waals surface area contributed by atoms with E-state index in [2.05, 4.69) is 96.0 Å². The van der Waals surface area contributed by atoms with Gasteiger partial charge in [-0.05, 0) is 66.4 Å². The molecule has 166 valence electrons. The second-order valence-electron chi connectivity index (χ2n) is 9.31. The molecular weight excluding hydrogens is 482 g/mol. The number of nitrogens with zero attached hydrogens (tertiary/aromatic N) is 2. The second kappa shape index (κ2) is 7.99. The second-order valence-corrected chi connectivity index (χ2v) is 10.6. The monoisotopic (exact) mass is 509 g/mol. The zero-order chi connectivity index (χ0) is 22.7. The SMILES string of the molecule is CCC(C)N1C(=O)C2Cc3c([nH]c4ccc(Br)cc34)C(c3ccc(C(C)C)cc3)N2C1=S. The number of benzene rings is 2. The van der Waals surface area contributed by atoms with Crippen LogP contribution in [0.3, 0.4) is 0 Å². The van der Waals surface area contributed by atoms with Gasteiger partial charge < -0.3 is 9.88 Å². The van der Waals surface area contributed by atoms with Gasteiger partial charge in [-0.15, -0.1) is 0 Å². The van der Waals surface area contributed by atoms with Gasteiger partial charge in [-0.25, -0.2) is 0 Å². The number of carbonyl (C=O) groups excluding carboxylic acids is 1. The largest absolute Gasteiger partial charge is 0.356 e. The Morgan fingerprint density at radius 1 is 1.16 bits per heavy atom. The Bertz CT molecular complexity index is 1220. The van der Waals surface area contributed by atoms with Gasteiger partial charge in [-0.2, -0.15) is 0 Å². The molecule has 32 heavy (non-hydrogen) atoms. The number of rotatable bonds is 4. The molecule has 0 saturated carbocycles. The Morgan fingerprint density at radius 2 is 1.88 bits per heavy atom. The van der Waals surface area contributed by atoms with Crippen LogP contribution in [-0.2, 0) is 11.2 Å². The van der Waals surface area contributed by atoms with E-state index in [1.807, 2.05) is 4.90 Å². The van der Waals surface area contributed by atoms with E-state index >= 15 is 0 Å². The highest BCUT2D eigenvalue weighted by Gasteiger charge is 2.51. The molecule has 0 radical (unpaired) electrons. The minimum absolute atomic E-state index is 0.0915. The maximum atomic E-state index is 13.6. The highest BCUT2D eigenvalue weighted by molar-refractivity contribution is 9.10. The Hall–Kier alpha value is -2.18. The first-order chi connectivity index (χ1) is 15.3. The van der Waals surface area contributed by atoms with Crippen molar-refractivity contribution in [2.75, 3.05) is 0 Å². The number of carbonyl (C=O) groups is 1. The summed E-state index contributed by atoms with van der Waals surface area (Å²) in [6, 6.07) is 14.8. The van der Waals surface area contributed by atoms with Crippen molar-refractivity contribution in [1.82, 2.24) is 14.8 Å². The van der Waals surface area contributed by atoms with Crippen LogP contribution in [0.5, 0.6) is 0 Å². The lowest BCUT2D eigenvalue weighted by Gasteiger charge is -2.37. The molecule has 3 heterocycles. The van der Waals surface area contributed by atoms with Crippen molar-refractivity contribution in [3.63, 3.8) is 0 Å². The number of aromatic nitrogens is 1. The molecule has 2 aliphatic rings. The van der Waals surface area contributed by atoms with Crippen LogP contribution < -0.4 is 0 Å². The normalized spacial score (nSPS) is 21.4. The molecule has 2 aromatic carbocycles. The lowest BCUT2D eigenvalue weighted by atomic mass is 9.88. The number of aromatic amines is 1. The van der Waals surface area contributed by atoms with Crippen molar-refractivity contribution in [2.45, 2.75) is 64.6 Å². The van der Waals surface area contributed by atoms with Gasteiger partial charge in [0.05, 0.1) is 6.04 Å². The molecule has 5 rings (SSSR count). The number of H-pyrrole nitrogens is 1. The molecule has 4 nitrogen and oxygen atoms in total. The van der Waals surface area contributed by atoms with E-state index in [4.69, 9.17) is 12.2 Å². The van der Waals surface area contributed by atoms with E-state index in [1.54, 1.807) is 0 Å². The van der Waals surface area contributed by atoms with Crippen molar-refractivity contribution < 1.29 is 4.79 Å². The van der Waals surface area contributed by atoms with Crippen molar-refractivity contribution in [1.29, 1.82) is 0 Å². The van der Waals surface area contributed by atoms with Crippen LogP contribution in [0.4, 0.5) is 0 Å². The number of amides is 1. The van der Waals surface area contributed by atoms with Crippen LogP contribution >= 0.6 is 28.1 Å². The third kappa shape index (κ3) is 3.22. The van der Waals surface area contributed by atoms with Crippen LogP contribution in [0.25, 0.3) is 10.9 Å². The molecule has 2 aliphatic heterocycles. The molecule has 0 spiro atoms. The van der Waals surface area contributed by atoms with E-state index in [-0.39, 0.29) is 24.0 Å². The number of thiocarbonyl (C=S) groups is 1. The zero-order valence-electron chi connectivity index (χ0n) is 18.9. The quantitative estimate of drug-likeness (QED) is 0.419. The predicted octanol–water partition coefficient (Wildman–Crippen LogP) is 6.30. The van der Waals surface area contributed by atoms with Gasteiger partial charge in [0, 0.05) is 33.5 Å². The number of hydrogen-bond donors (Lipinski definition) is 1. The van der Waals surface area contributed by atoms with Crippen molar-refractivity contribution >= 4 is 50.1 Å². The topological polar surface area (TPSA) is 39.3 Å². The van der Waals surface area contributed by atoms with Crippen molar-refractivity contribution in [3.8, 4) is 0 Å². The van der Waals surface area contributed by atoms with Crippen molar-refractivity contribution in [3.05, 3.63) is 69.3 Å². The Labute approximate surface area is 203 Å². The van der Waals surface area contributed by atoms with Crippen LogP contribution in [0.15, 0.2) is 46.9 Å². The van der Waals surface area contributed by atoms with Gasteiger partial charge in [0.25, 0.3) is 5.91 Å². The third-order valence-electron chi connectivity index (χ3n) is 7.09. The first-order valence-corrected chi connectivity index (χ1v) is 12.6. The summed E-state index contributed by atoms with van der Waals surface area (Å²) in [5, 5.41) is 1.83. The molecule has 6 heteroatoms. The summed E-state index contributed by atoms with van der Waals surface area (Å²) >= 11 is 9.56. The summed E-state index contributed by atoms with van der Waals surface area (Å²) < 4.78 is 1.04. The average Bonchev–Trinajstić information content (AvgIpc) is 3.26. The van der Waals surface area contributed by atoms with Crippen LogP contribution in [0.2, 0.25) is 0 Å². The van der Waals surface area contributed by atoms with E-state index in [9.17, 15) is 4.79 Å². The standard InChI is InChI=1S/C26H28BrN3OS/c1-5-15(4)29-25(31)22-13-20-19-12-18(27)10-11-21(19)28-23(20)24(30(22)26(29)32)17-8-6-16(7-9-17)14(2)3/h6-12,14-15,22,24,28H,5,13H2,1-4H3. The molecule has 1 saturated heterocycles. The van der Waals surface area contributed by atoms with E-state index < -0.39 is 0 Å². The maximum absolute atomic E-state index is 13.6. The Balaban J connectivity index is 1.70. The minimum Gasteiger partial charge on any atom is -0.356 e. The molecule has 3 unspecified atom stereocenters.